The average molecular weight is 295 g/mol. The van der Waals surface area contributed by atoms with Crippen molar-refractivity contribution in [2.75, 3.05) is 12.3 Å². The van der Waals surface area contributed by atoms with Gasteiger partial charge in [-0.05, 0) is 0 Å². The molecule has 0 radical (unpaired) electrons. The predicted octanol–water partition coefficient (Wildman–Crippen LogP) is -2.62. The second-order valence-corrected chi connectivity index (χ2v) is 4.61. The fraction of sp³-hybridized carbons (Fsp3) is 0.455. The van der Waals surface area contributed by atoms with E-state index >= 15 is 0 Å². The lowest BCUT2D eigenvalue weighted by Gasteiger charge is -2.19. The molecule has 4 unspecified atom stereocenters. The molecule has 1 saturated heterocycles. The molecular formula is C11H13N5O5. The van der Waals surface area contributed by atoms with Crippen molar-refractivity contribution in [2.24, 2.45) is 0 Å². The number of ether oxygens (including phenoxy) is 1. The van der Waals surface area contributed by atoms with Crippen LogP contribution in [0.4, 0.5) is 5.82 Å². The molecule has 0 aliphatic carbocycles. The summed E-state index contributed by atoms with van der Waals surface area (Å²) < 4.78 is 6.17. The van der Waals surface area contributed by atoms with E-state index in [9.17, 15) is 15.0 Å². The summed E-state index contributed by atoms with van der Waals surface area (Å²) in [6, 6.07) is 0. The van der Waals surface area contributed by atoms with Crippen LogP contribution < -0.4 is 11.4 Å². The van der Waals surface area contributed by atoms with Gasteiger partial charge in [0.15, 0.2) is 11.9 Å². The number of hydrogen-bond donors (Lipinski definition) is 4. The predicted molar refractivity (Wildman–Crippen MR) is 69.0 cm³/mol. The number of aliphatic hydroxyl groups is 3. The highest BCUT2D eigenvalue weighted by atomic mass is 16.6. The monoisotopic (exact) mass is 295 g/mol. The van der Waals surface area contributed by atoms with E-state index in [1.54, 1.807) is 0 Å². The van der Waals surface area contributed by atoms with Crippen LogP contribution in [0, 0.1) is 0 Å². The SMILES string of the molecule is Nc1c2nccnc2nc(=O)n1C1OC(CO)C(O)C1O. The summed E-state index contributed by atoms with van der Waals surface area (Å²) in [7, 11) is 0. The third-order valence-electron chi connectivity index (χ3n) is 3.36. The second-order valence-electron chi connectivity index (χ2n) is 4.61. The molecule has 2 aromatic rings. The number of aliphatic hydroxyl groups excluding tert-OH is 3. The van der Waals surface area contributed by atoms with Gasteiger partial charge in [-0.3, -0.25) is 0 Å². The molecule has 4 atom stereocenters. The van der Waals surface area contributed by atoms with Gasteiger partial charge in [0.1, 0.15) is 29.6 Å². The molecule has 0 bridgehead atoms. The van der Waals surface area contributed by atoms with Crippen molar-refractivity contribution in [3.8, 4) is 0 Å². The number of nitrogens with two attached hydrogens (primary N) is 1. The molecule has 0 spiro atoms. The number of aromatic nitrogens is 4. The van der Waals surface area contributed by atoms with Crippen molar-refractivity contribution in [3.63, 3.8) is 0 Å². The first-order valence-electron chi connectivity index (χ1n) is 6.15. The molecule has 0 saturated carbocycles. The van der Waals surface area contributed by atoms with Crippen molar-refractivity contribution in [3.05, 3.63) is 22.9 Å². The van der Waals surface area contributed by atoms with Crippen LogP contribution in [0.2, 0.25) is 0 Å². The number of nitrogen functional groups attached to an aromatic ring is 1. The van der Waals surface area contributed by atoms with Crippen molar-refractivity contribution >= 4 is 17.0 Å². The minimum absolute atomic E-state index is 0.0722. The van der Waals surface area contributed by atoms with Crippen molar-refractivity contribution in [1.29, 1.82) is 0 Å². The zero-order valence-corrected chi connectivity index (χ0v) is 10.7. The molecule has 0 aromatic carbocycles. The normalized spacial score (nSPS) is 29.1. The molecular weight excluding hydrogens is 282 g/mol. The van der Waals surface area contributed by atoms with E-state index in [0.29, 0.717) is 0 Å². The van der Waals surface area contributed by atoms with Crippen LogP contribution in [-0.2, 0) is 4.74 Å². The maximum Gasteiger partial charge on any atom is 0.353 e. The molecule has 0 amide bonds. The Labute approximate surface area is 117 Å². The molecule has 1 aliphatic heterocycles. The summed E-state index contributed by atoms with van der Waals surface area (Å²) in [6.45, 7) is -0.510. The standard InChI is InChI=1S/C11H13N5O5/c12-8-5-9(14-2-1-13-5)15-11(20)16(8)10-7(19)6(18)4(3-17)21-10/h1-2,4,6-7,10,17-19H,3,12H2. The Morgan fingerprint density at radius 1 is 1.29 bits per heavy atom. The van der Waals surface area contributed by atoms with Gasteiger partial charge in [-0.1, -0.05) is 0 Å². The maximum absolute atomic E-state index is 12.1. The number of rotatable bonds is 2. The topological polar surface area (TPSA) is 157 Å². The van der Waals surface area contributed by atoms with Gasteiger partial charge in [-0.25, -0.2) is 19.3 Å². The van der Waals surface area contributed by atoms with Gasteiger partial charge in [-0.2, -0.15) is 4.98 Å². The maximum atomic E-state index is 12.1. The van der Waals surface area contributed by atoms with Crippen molar-refractivity contribution in [2.45, 2.75) is 24.5 Å². The van der Waals surface area contributed by atoms with Gasteiger partial charge in [0.2, 0.25) is 0 Å². The van der Waals surface area contributed by atoms with Gasteiger partial charge >= 0.3 is 5.69 Å². The summed E-state index contributed by atoms with van der Waals surface area (Å²) in [5.41, 5.74) is 5.33. The van der Waals surface area contributed by atoms with E-state index in [2.05, 4.69) is 15.0 Å². The van der Waals surface area contributed by atoms with Crippen molar-refractivity contribution in [1.82, 2.24) is 19.5 Å². The highest BCUT2D eigenvalue weighted by Crippen LogP contribution is 2.30. The van der Waals surface area contributed by atoms with Crippen LogP contribution in [0.25, 0.3) is 11.2 Å². The van der Waals surface area contributed by atoms with Crippen molar-refractivity contribution < 1.29 is 20.1 Å². The zero-order valence-electron chi connectivity index (χ0n) is 10.7. The Hall–Kier alpha value is -2.14. The first kappa shape index (κ1) is 13.8. The molecule has 10 nitrogen and oxygen atoms in total. The Balaban J connectivity index is 2.15. The molecule has 3 rings (SSSR count). The van der Waals surface area contributed by atoms with E-state index in [1.807, 2.05) is 0 Å². The summed E-state index contributed by atoms with van der Waals surface area (Å²) in [4.78, 5) is 23.6. The Morgan fingerprint density at radius 3 is 2.67 bits per heavy atom. The molecule has 5 N–H and O–H groups in total. The second kappa shape index (κ2) is 5.00. The minimum Gasteiger partial charge on any atom is -0.394 e. The van der Waals surface area contributed by atoms with Gasteiger partial charge in [0.25, 0.3) is 0 Å². The van der Waals surface area contributed by atoms with Crippen LogP contribution in [0.1, 0.15) is 6.23 Å². The fourth-order valence-corrected chi connectivity index (χ4v) is 2.29. The lowest BCUT2D eigenvalue weighted by atomic mass is 10.1. The van der Waals surface area contributed by atoms with E-state index < -0.39 is 36.8 Å². The zero-order chi connectivity index (χ0) is 15.1. The summed E-state index contributed by atoms with van der Waals surface area (Å²) in [5, 5.41) is 28.8. The number of hydrogen-bond acceptors (Lipinski definition) is 9. The van der Waals surface area contributed by atoms with Crippen LogP contribution >= 0.6 is 0 Å². The van der Waals surface area contributed by atoms with Crippen LogP contribution in [0.15, 0.2) is 17.2 Å². The summed E-state index contributed by atoms with van der Waals surface area (Å²) >= 11 is 0. The van der Waals surface area contributed by atoms with Gasteiger partial charge < -0.3 is 25.8 Å². The average Bonchev–Trinajstić information content (AvgIpc) is 2.75. The van der Waals surface area contributed by atoms with Crippen LogP contribution in [-0.4, -0.2) is 59.8 Å². The Kier molecular flexibility index (Phi) is 3.29. The molecule has 10 heteroatoms. The first-order chi connectivity index (χ1) is 10.0. The molecule has 112 valence electrons. The largest absolute Gasteiger partial charge is 0.394 e. The first-order valence-corrected chi connectivity index (χ1v) is 6.15. The third kappa shape index (κ3) is 2.05. The Morgan fingerprint density at radius 2 is 2.00 bits per heavy atom. The Bertz CT molecular complexity index is 735. The lowest BCUT2D eigenvalue weighted by Crippen LogP contribution is -2.37. The van der Waals surface area contributed by atoms with E-state index in [4.69, 9.17) is 15.6 Å². The summed E-state index contributed by atoms with van der Waals surface area (Å²) in [6.07, 6.45) is -2.31. The number of fused-ring (bicyclic) bond motifs is 1. The minimum atomic E-state index is -1.43. The highest BCUT2D eigenvalue weighted by Gasteiger charge is 2.44. The quantitative estimate of drug-likeness (QED) is 0.465. The van der Waals surface area contributed by atoms with Gasteiger partial charge in [-0.15, -0.1) is 0 Å². The van der Waals surface area contributed by atoms with Gasteiger partial charge in [0, 0.05) is 12.4 Å². The molecule has 1 aliphatic rings. The van der Waals surface area contributed by atoms with Crippen LogP contribution in [0.5, 0.6) is 0 Å². The highest BCUT2D eigenvalue weighted by molar-refractivity contribution is 5.80. The number of anilines is 1. The lowest BCUT2D eigenvalue weighted by molar-refractivity contribution is -0.0536. The third-order valence-corrected chi connectivity index (χ3v) is 3.36. The van der Waals surface area contributed by atoms with E-state index in [1.165, 1.54) is 12.4 Å². The van der Waals surface area contributed by atoms with Crippen LogP contribution in [0.3, 0.4) is 0 Å². The molecule has 21 heavy (non-hydrogen) atoms. The molecule has 2 aromatic heterocycles. The molecule has 3 heterocycles. The molecule has 1 fully saturated rings. The number of nitrogens with zero attached hydrogens (tertiary/aromatic N) is 4. The fourth-order valence-electron chi connectivity index (χ4n) is 2.29. The van der Waals surface area contributed by atoms with E-state index in [0.717, 1.165) is 4.57 Å². The summed E-state index contributed by atoms with van der Waals surface area (Å²) in [5.74, 6) is -0.0899. The smallest absolute Gasteiger partial charge is 0.353 e. The van der Waals surface area contributed by atoms with Gasteiger partial charge in [0.05, 0.1) is 6.61 Å². The van der Waals surface area contributed by atoms with E-state index in [-0.39, 0.29) is 17.0 Å².